The second-order valence-corrected chi connectivity index (χ2v) is 5.10. The Labute approximate surface area is 132 Å². The van der Waals surface area contributed by atoms with E-state index in [9.17, 15) is 14.7 Å². The van der Waals surface area contributed by atoms with Crippen LogP contribution in [0.25, 0.3) is 10.9 Å². The lowest BCUT2D eigenvalue weighted by atomic mass is 10.1. The predicted molar refractivity (Wildman–Crippen MR) is 83.6 cm³/mol. The smallest absolute Gasteiger partial charge is 0.337 e. The van der Waals surface area contributed by atoms with Gasteiger partial charge in [-0.25, -0.2) is 9.59 Å². The Morgan fingerprint density at radius 1 is 1.35 bits per heavy atom. The molecule has 1 unspecified atom stereocenters. The van der Waals surface area contributed by atoms with Gasteiger partial charge in [-0.15, -0.1) is 0 Å². The van der Waals surface area contributed by atoms with Gasteiger partial charge < -0.3 is 25.6 Å². The Hall–Kier alpha value is -2.87. The number of pyridine rings is 1. The highest BCUT2D eigenvalue weighted by Crippen LogP contribution is 2.29. The number of methoxy groups -OCH3 is 1. The van der Waals surface area contributed by atoms with E-state index in [0.717, 1.165) is 6.92 Å². The minimum Gasteiger partial charge on any atom is -0.494 e. The molecular formula is C15H17N3O5. The third-order valence-electron chi connectivity index (χ3n) is 3.25. The summed E-state index contributed by atoms with van der Waals surface area (Å²) >= 11 is 0. The van der Waals surface area contributed by atoms with E-state index in [1.165, 1.54) is 7.11 Å². The van der Waals surface area contributed by atoms with Gasteiger partial charge in [0.15, 0.2) is 5.60 Å². The molecular weight excluding hydrogens is 302 g/mol. The molecule has 0 aliphatic rings. The molecule has 1 aromatic heterocycles. The third kappa shape index (κ3) is 3.67. The summed E-state index contributed by atoms with van der Waals surface area (Å²) in [7, 11) is 1.53. The Kier molecular flexibility index (Phi) is 4.65. The van der Waals surface area contributed by atoms with Crippen LogP contribution < -0.4 is 15.4 Å². The molecule has 23 heavy (non-hydrogen) atoms. The molecule has 8 heteroatoms. The largest absolute Gasteiger partial charge is 0.494 e. The molecule has 0 fully saturated rings. The van der Waals surface area contributed by atoms with Crippen LogP contribution in [0.15, 0.2) is 30.5 Å². The average molecular weight is 319 g/mol. The lowest BCUT2D eigenvalue weighted by Crippen LogP contribution is -2.47. The van der Waals surface area contributed by atoms with Crippen molar-refractivity contribution in [2.45, 2.75) is 12.5 Å². The zero-order valence-corrected chi connectivity index (χ0v) is 12.7. The van der Waals surface area contributed by atoms with E-state index in [4.69, 9.17) is 9.84 Å². The first kappa shape index (κ1) is 16.5. The van der Waals surface area contributed by atoms with E-state index in [-0.39, 0.29) is 0 Å². The molecule has 2 aromatic rings. The number of carbonyl (C=O) groups excluding carboxylic acids is 1. The molecule has 0 spiro atoms. The summed E-state index contributed by atoms with van der Waals surface area (Å²) in [5.74, 6) is -0.850. The molecule has 8 nitrogen and oxygen atoms in total. The highest BCUT2D eigenvalue weighted by Gasteiger charge is 2.30. The SMILES string of the molecule is COc1ccc(NC(=O)NCC(C)(O)C(=O)O)c2cccnc12. The summed E-state index contributed by atoms with van der Waals surface area (Å²) in [6, 6.07) is 6.17. The van der Waals surface area contributed by atoms with E-state index in [1.807, 2.05) is 0 Å². The fraction of sp³-hybridized carbons (Fsp3) is 0.267. The van der Waals surface area contributed by atoms with Gasteiger partial charge in [-0.2, -0.15) is 0 Å². The quantitative estimate of drug-likeness (QED) is 0.657. The van der Waals surface area contributed by atoms with Gasteiger partial charge in [0, 0.05) is 11.6 Å². The number of benzene rings is 1. The van der Waals surface area contributed by atoms with Gasteiger partial charge in [-0.05, 0) is 31.2 Å². The summed E-state index contributed by atoms with van der Waals surface area (Å²) in [6.07, 6.45) is 1.61. The molecule has 2 amide bonds. The van der Waals surface area contributed by atoms with Crippen molar-refractivity contribution in [3.63, 3.8) is 0 Å². The van der Waals surface area contributed by atoms with Gasteiger partial charge in [0.2, 0.25) is 0 Å². The zero-order valence-electron chi connectivity index (χ0n) is 12.7. The number of amides is 2. The molecule has 0 aliphatic carbocycles. The second kappa shape index (κ2) is 6.49. The minimum atomic E-state index is -2.04. The average Bonchev–Trinajstić information content (AvgIpc) is 2.53. The monoisotopic (exact) mass is 319 g/mol. The maximum absolute atomic E-state index is 11.9. The Bertz CT molecular complexity index is 745. The summed E-state index contributed by atoms with van der Waals surface area (Å²) in [4.78, 5) is 26.9. The molecule has 2 rings (SSSR count). The van der Waals surface area contributed by atoms with Crippen molar-refractivity contribution in [2.24, 2.45) is 0 Å². The fourth-order valence-corrected chi connectivity index (χ4v) is 1.91. The summed E-state index contributed by atoms with van der Waals surface area (Å²) in [5, 5.41) is 24.0. The zero-order chi connectivity index (χ0) is 17.0. The van der Waals surface area contributed by atoms with Crippen LogP contribution in [0.4, 0.5) is 10.5 Å². The number of hydrogen-bond acceptors (Lipinski definition) is 5. The van der Waals surface area contributed by atoms with Gasteiger partial charge in [0.05, 0.1) is 19.3 Å². The lowest BCUT2D eigenvalue weighted by molar-refractivity contribution is -0.155. The van der Waals surface area contributed by atoms with Crippen LogP contribution in [0.5, 0.6) is 5.75 Å². The number of rotatable bonds is 5. The van der Waals surface area contributed by atoms with E-state index in [0.29, 0.717) is 22.3 Å². The topological polar surface area (TPSA) is 121 Å². The van der Waals surface area contributed by atoms with Crippen LogP contribution >= 0.6 is 0 Å². The predicted octanol–water partition coefficient (Wildman–Crippen LogP) is 1.20. The van der Waals surface area contributed by atoms with Crippen LogP contribution in [-0.2, 0) is 4.79 Å². The first-order valence-corrected chi connectivity index (χ1v) is 6.77. The molecule has 0 bridgehead atoms. The minimum absolute atomic E-state index is 0.430. The van der Waals surface area contributed by atoms with Crippen molar-refractivity contribution in [3.05, 3.63) is 30.5 Å². The van der Waals surface area contributed by atoms with Crippen molar-refractivity contribution in [3.8, 4) is 5.75 Å². The number of anilines is 1. The van der Waals surface area contributed by atoms with Crippen LogP contribution in [0.3, 0.4) is 0 Å². The maximum atomic E-state index is 11.9. The number of aliphatic carboxylic acids is 1. The van der Waals surface area contributed by atoms with E-state index in [2.05, 4.69) is 15.6 Å². The number of ether oxygens (including phenoxy) is 1. The van der Waals surface area contributed by atoms with Crippen LogP contribution in [0.2, 0.25) is 0 Å². The third-order valence-corrected chi connectivity index (χ3v) is 3.25. The van der Waals surface area contributed by atoms with Crippen LogP contribution in [0.1, 0.15) is 6.92 Å². The molecule has 0 radical (unpaired) electrons. The number of nitrogens with zero attached hydrogens (tertiary/aromatic N) is 1. The van der Waals surface area contributed by atoms with Crippen molar-refractivity contribution in [1.82, 2.24) is 10.3 Å². The second-order valence-electron chi connectivity index (χ2n) is 5.10. The first-order valence-electron chi connectivity index (χ1n) is 6.77. The van der Waals surface area contributed by atoms with Crippen molar-refractivity contribution in [1.29, 1.82) is 0 Å². The van der Waals surface area contributed by atoms with Crippen molar-refractivity contribution < 1.29 is 24.5 Å². The normalized spacial score (nSPS) is 13.2. The number of carboxylic acid groups (broad SMARTS) is 1. The van der Waals surface area contributed by atoms with Gasteiger partial charge in [0.1, 0.15) is 11.3 Å². The lowest BCUT2D eigenvalue weighted by Gasteiger charge is -2.18. The maximum Gasteiger partial charge on any atom is 0.337 e. The molecule has 122 valence electrons. The van der Waals surface area contributed by atoms with Crippen LogP contribution in [0, 0.1) is 0 Å². The molecule has 1 heterocycles. The number of hydrogen-bond donors (Lipinski definition) is 4. The Morgan fingerprint density at radius 2 is 2.09 bits per heavy atom. The molecule has 1 atom stereocenters. The first-order chi connectivity index (χ1) is 10.8. The van der Waals surface area contributed by atoms with Gasteiger partial charge in [0.25, 0.3) is 0 Å². The van der Waals surface area contributed by atoms with Gasteiger partial charge in [-0.3, -0.25) is 4.98 Å². The number of carbonyl (C=O) groups is 2. The van der Waals surface area contributed by atoms with E-state index < -0.39 is 24.1 Å². The standard InChI is InChI=1S/C15H17N3O5/c1-15(22,13(19)20)8-17-14(21)18-10-5-6-11(23-2)12-9(10)4-3-7-16-12/h3-7,22H,8H2,1-2H3,(H,19,20)(H2,17,18,21). The van der Waals surface area contributed by atoms with Crippen molar-refractivity contribution in [2.75, 3.05) is 19.0 Å². The van der Waals surface area contributed by atoms with Crippen molar-refractivity contribution >= 4 is 28.6 Å². The highest BCUT2D eigenvalue weighted by atomic mass is 16.5. The van der Waals surface area contributed by atoms with Gasteiger partial charge >= 0.3 is 12.0 Å². The molecule has 4 N–H and O–H groups in total. The highest BCUT2D eigenvalue weighted by molar-refractivity contribution is 6.02. The van der Waals surface area contributed by atoms with E-state index in [1.54, 1.807) is 30.5 Å². The molecule has 0 saturated heterocycles. The van der Waals surface area contributed by atoms with Crippen LogP contribution in [-0.4, -0.2) is 46.5 Å². The van der Waals surface area contributed by atoms with E-state index >= 15 is 0 Å². The number of carboxylic acids is 1. The molecule has 0 saturated carbocycles. The number of aromatic nitrogens is 1. The Morgan fingerprint density at radius 3 is 2.74 bits per heavy atom. The number of nitrogens with one attached hydrogen (secondary N) is 2. The summed E-state index contributed by atoms with van der Waals surface area (Å²) in [6.45, 7) is 0.669. The van der Waals surface area contributed by atoms with Gasteiger partial charge in [-0.1, -0.05) is 0 Å². The summed E-state index contributed by atoms with van der Waals surface area (Å²) < 4.78 is 5.22. The fourth-order valence-electron chi connectivity index (χ4n) is 1.91. The number of fused-ring (bicyclic) bond motifs is 1. The Balaban J connectivity index is 2.16. The summed E-state index contributed by atoms with van der Waals surface area (Å²) in [5.41, 5.74) is -0.965. The number of urea groups is 1. The molecule has 1 aromatic carbocycles. The number of aliphatic hydroxyl groups is 1. The molecule has 0 aliphatic heterocycles.